The zero-order valence-electron chi connectivity index (χ0n) is 9.91. The first-order chi connectivity index (χ1) is 7.02. The Balaban J connectivity index is 3.99. The summed E-state index contributed by atoms with van der Waals surface area (Å²) in [6, 6.07) is 0. The molecule has 2 atom stereocenters. The van der Waals surface area contributed by atoms with Gasteiger partial charge in [-0.05, 0) is 20.3 Å². The van der Waals surface area contributed by atoms with Crippen LogP contribution in [0.3, 0.4) is 0 Å². The van der Waals surface area contributed by atoms with Crippen LogP contribution in [-0.4, -0.2) is 25.2 Å². The summed E-state index contributed by atoms with van der Waals surface area (Å²) in [5, 5.41) is 0. The van der Waals surface area contributed by atoms with E-state index in [0.717, 1.165) is 0 Å². The van der Waals surface area contributed by atoms with Crippen molar-refractivity contribution < 1.29 is 19.1 Å². The molecular formula is C11H20O4. The molecule has 0 aliphatic carbocycles. The van der Waals surface area contributed by atoms with E-state index >= 15 is 0 Å². The van der Waals surface area contributed by atoms with Gasteiger partial charge in [0.25, 0.3) is 0 Å². The van der Waals surface area contributed by atoms with E-state index in [0.29, 0.717) is 19.6 Å². The van der Waals surface area contributed by atoms with Crippen LogP contribution in [0.4, 0.5) is 0 Å². The lowest BCUT2D eigenvalue weighted by Crippen LogP contribution is -2.22. The minimum Gasteiger partial charge on any atom is -0.466 e. The molecule has 0 saturated carbocycles. The lowest BCUT2D eigenvalue weighted by atomic mass is 9.97. The topological polar surface area (TPSA) is 52.6 Å². The fourth-order valence-corrected chi connectivity index (χ4v) is 1.29. The number of hydrogen-bond donors (Lipinski definition) is 0. The standard InChI is InChI=1S/C11H20O4/c1-5-14-10(12)8(3)7-9(4)11(13)15-6-2/h8-9H,5-7H2,1-4H3. The summed E-state index contributed by atoms with van der Waals surface area (Å²) in [5.41, 5.74) is 0. The Hall–Kier alpha value is -1.06. The van der Waals surface area contributed by atoms with Gasteiger partial charge in [0.15, 0.2) is 0 Å². The molecular weight excluding hydrogens is 196 g/mol. The van der Waals surface area contributed by atoms with Gasteiger partial charge >= 0.3 is 11.9 Å². The Bertz CT molecular complexity index is 191. The van der Waals surface area contributed by atoms with Crippen LogP contribution in [-0.2, 0) is 19.1 Å². The normalized spacial score (nSPS) is 14.1. The molecule has 0 saturated heterocycles. The molecule has 4 nitrogen and oxygen atoms in total. The number of esters is 2. The van der Waals surface area contributed by atoms with E-state index in [9.17, 15) is 9.59 Å². The number of carbonyl (C=O) groups excluding carboxylic acids is 2. The van der Waals surface area contributed by atoms with Crippen molar-refractivity contribution in [1.82, 2.24) is 0 Å². The van der Waals surface area contributed by atoms with Crippen molar-refractivity contribution in [2.45, 2.75) is 34.1 Å². The highest BCUT2D eigenvalue weighted by atomic mass is 16.5. The molecule has 0 aromatic heterocycles. The summed E-state index contributed by atoms with van der Waals surface area (Å²) in [7, 11) is 0. The van der Waals surface area contributed by atoms with Crippen LogP contribution in [0, 0.1) is 11.8 Å². The Morgan fingerprint density at radius 1 is 0.933 bits per heavy atom. The average molecular weight is 216 g/mol. The molecule has 2 unspecified atom stereocenters. The SMILES string of the molecule is CCOC(=O)C(C)CC(C)C(=O)OCC. The maximum atomic E-state index is 11.3. The highest BCUT2D eigenvalue weighted by molar-refractivity contribution is 5.75. The summed E-state index contributed by atoms with van der Waals surface area (Å²) in [5.74, 6) is -1.03. The smallest absolute Gasteiger partial charge is 0.308 e. The third kappa shape index (κ3) is 5.40. The van der Waals surface area contributed by atoms with Crippen molar-refractivity contribution >= 4 is 11.9 Å². The summed E-state index contributed by atoms with van der Waals surface area (Å²) in [6.07, 6.45) is 0.470. The van der Waals surface area contributed by atoms with Crippen LogP contribution in [0.1, 0.15) is 34.1 Å². The van der Waals surface area contributed by atoms with Crippen LogP contribution >= 0.6 is 0 Å². The minimum atomic E-state index is -0.260. The van der Waals surface area contributed by atoms with E-state index in [1.165, 1.54) is 0 Å². The van der Waals surface area contributed by atoms with E-state index in [1.807, 2.05) is 0 Å². The lowest BCUT2D eigenvalue weighted by molar-refractivity contribution is -0.151. The number of rotatable bonds is 6. The second kappa shape index (κ2) is 7.26. The minimum absolute atomic E-state index is 0.256. The number of hydrogen-bond acceptors (Lipinski definition) is 4. The average Bonchev–Trinajstić information content (AvgIpc) is 2.18. The molecule has 0 aliphatic heterocycles. The van der Waals surface area contributed by atoms with Crippen LogP contribution in [0.5, 0.6) is 0 Å². The van der Waals surface area contributed by atoms with Gasteiger partial charge in [-0.3, -0.25) is 9.59 Å². The van der Waals surface area contributed by atoms with Gasteiger partial charge in [-0.2, -0.15) is 0 Å². The van der Waals surface area contributed by atoms with Crippen LogP contribution in [0.15, 0.2) is 0 Å². The van der Waals surface area contributed by atoms with Crippen molar-refractivity contribution in [2.24, 2.45) is 11.8 Å². The summed E-state index contributed by atoms with van der Waals surface area (Å²) in [4.78, 5) is 22.6. The maximum Gasteiger partial charge on any atom is 0.308 e. The first-order valence-electron chi connectivity index (χ1n) is 5.36. The third-order valence-corrected chi connectivity index (χ3v) is 2.09. The van der Waals surface area contributed by atoms with Gasteiger partial charge in [0, 0.05) is 0 Å². The Morgan fingerprint density at radius 3 is 1.53 bits per heavy atom. The monoisotopic (exact) mass is 216 g/mol. The van der Waals surface area contributed by atoms with E-state index < -0.39 is 0 Å². The summed E-state index contributed by atoms with van der Waals surface area (Å²) in [6.45, 7) is 7.79. The first-order valence-corrected chi connectivity index (χ1v) is 5.36. The lowest BCUT2D eigenvalue weighted by Gasteiger charge is -2.14. The van der Waals surface area contributed by atoms with Crippen molar-refractivity contribution in [3.8, 4) is 0 Å². The zero-order valence-corrected chi connectivity index (χ0v) is 9.91. The summed E-state index contributed by atoms with van der Waals surface area (Å²) < 4.78 is 9.71. The molecule has 4 heteroatoms. The zero-order chi connectivity index (χ0) is 11.8. The van der Waals surface area contributed by atoms with Crippen LogP contribution in [0.25, 0.3) is 0 Å². The molecule has 0 radical (unpaired) electrons. The molecule has 0 rings (SSSR count). The van der Waals surface area contributed by atoms with Crippen LogP contribution < -0.4 is 0 Å². The first kappa shape index (κ1) is 13.9. The Kier molecular flexibility index (Phi) is 6.75. The molecule has 0 N–H and O–H groups in total. The quantitative estimate of drug-likeness (QED) is 0.635. The molecule has 0 fully saturated rings. The fourth-order valence-electron chi connectivity index (χ4n) is 1.29. The van der Waals surface area contributed by atoms with Gasteiger partial charge in [0.2, 0.25) is 0 Å². The molecule has 88 valence electrons. The van der Waals surface area contributed by atoms with Gasteiger partial charge in [-0.15, -0.1) is 0 Å². The second-order valence-electron chi connectivity index (χ2n) is 3.54. The van der Waals surface area contributed by atoms with E-state index in [4.69, 9.17) is 9.47 Å². The van der Waals surface area contributed by atoms with Crippen molar-refractivity contribution in [3.05, 3.63) is 0 Å². The Labute approximate surface area is 90.9 Å². The fraction of sp³-hybridized carbons (Fsp3) is 0.818. The molecule has 0 spiro atoms. The highest BCUT2D eigenvalue weighted by Gasteiger charge is 2.22. The van der Waals surface area contributed by atoms with Crippen molar-refractivity contribution in [1.29, 1.82) is 0 Å². The molecule has 0 aliphatic rings. The highest BCUT2D eigenvalue weighted by Crippen LogP contribution is 2.14. The molecule has 0 bridgehead atoms. The summed E-state index contributed by atoms with van der Waals surface area (Å²) >= 11 is 0. The van der Waals surface area contributed by atoms with E-state index in [-0.39, 0.29) is 23.8 Å². The Morgan fingerprint density at radius 2 is 1.27 bits per heavy atom. The molecule has 0 amide bonds. The van der Waals surface area contributed by atoms with Crippen molar-refractivity contribution in [3.63, 3.8) is 0 Å². The van der Waals surface area contributed by atoms with Gasteiger partial charge in [0.05, 0.1) is 25.0 Å². The van der Waals surface area contributed by atoms with Gasteiger partial charge in [0.1, 0.15) is 0 Å². The molecule has 0 heterocycles. The van der Waals surface area contributed by atoms with Gasteiger partial charge in [-0.1, -0.05) is 13.8 Å². The third-order valence-electron chi connectivity index (χ3n) is 2.09. The molecule has 0 aromatic rings. The molecule has 15 heavy (non-hydrogen) atoms. The predicted octanol–water partition coefficient (Wildman–Crippen LogP) is 1.77. The van der Waals surface area contributed by atoms with Gasteiger partial charge in [-0.25, -0.2) is 0 Å². The second-order valence-corrected chi connectivity index (χ2v) is 3.54. The van der Waals surface area contributed by atoms with E-state index in [1.54, 1.807) is 27.7 Å². The van der Waals surface area contributed by atoms with E-state index in [2.05, 4.69) is 0 Å². The maximum absolute atomic E-state index is 11.3. The molecule has 0 aromatic carbocycles. The predicted molar refractivity (Wildman–Crippen MR) is 56.2 cm³/mol. The number of carbonyl (C=O) groups is 2. The van der Waals surface area contributed by atoms with Crippen molar-refractivity contribution in [2.75, 3.05) is 13.2 Å². The largest absolute Gasteiger partial charge is 0.466 e. The van der Waals surface area contributed by atoms with Gasteiger partial charge < -0.3 is 9.47 Å². The van der Waals surface area contributed by atoms with Crippen LogP contribution in [0.2, 0.25) is 0 Å². The number of ether oxygens (including phenoxy) is 2.